The highest BCUT2D eigenvalue weighted by Crippen LogP contribution is 2.29. The second-order valence-corrected chi connectivity index (χ2v) is 3.85. The molecule has 0 saturated heterocycles. The number of nitro groups is 1. The van der Waals surface area contributed by atoms with Crippen molar-refractivity contribution in [3.8, 4) is 11.1 Å². The molecule has 2 rings (SSSR count). The van der Waals surface area contributed by atoms with Gasteiger partial charge in [0.1, 0.15) is 0 Å². The highest BCUT2D eigenvalue weighted by atomic mass is 16.6. The Morgan fingerprint density at radius 2 is 1.89 bits per heavy atom. The van der Waals surface area contributed by atoms with Gasteiger partial charge in [0.05, 0.1) is 23.2 Å². The number of hydrogen-bond donors (Lipinski definition) is 0. The standard InChI is InChI=1S/C14H11NO4/c1-19-14(16)11-6-4-5-10(9-11)12-7-2-3-8-13(12)15(17)18/h2-9H,1H3. The fraction of sp³-hybridized carbons (Fsp3) is 0.0714. The summed E-state index contributed by atoms with van der Waals surface area (Å²) in [5.41, 5.74) is 1.44. The van der Waals surface area contributed by atoms with Crippen LogP contribution >= 0.6 is 0 Å². The maximum atomic E-state index is 11.5. The Kier molecular flexibility index (Phi) is 3.56. The molecule has 0 saturated carbocycles. The van der Waals surface area contributed by atoms with E-state index in [4.69, 9.17) is 0 Å². The molecule has 0 aromatic heterocycles. The van der Waals surface area contributed by atoms with Crippen molar-refractivity contribution in [1.29, 1.82) is 0 Å². The van der Waals surface area contributed by atoms with Gasteiger partial charge in [-0.3, -0.25) is 10.1 Å². The SMILES string of the molecule is COC(=O)c1cccc(-c2ccccc2[N+](=O)[O-])c1. The molecule has 0 radical (unpaired) electrons. The molecule has 19 heavy (non-hydrogen) atoms. The van der Waals surface area contributed by atoms with Crippen molar-refractivity contribution >= 4 is 11.7 Å². The highest BCUT2D eigenvalue weighted by Gasteiger charge is 2.15. The average molecular weight is 257 g/mol. The first-order valence-electron chi connectivity index (χ1n) is 5.55. The number of rotatable bonds is 3. The Labute approximate surface area is 109 Å². The first-order valence-corrected chi connectivity index (χ1v) is 5.55. The van der Waals surface area contributed by atoms with E-state index in [9.17, 15) is 14.9 Å². The van der Waals surface area contributed by atoms with Crippen LogP contribution in [0.1, 0.15) is 10.4 Å². The fourth-order valence-corrected chi connectivity index (χ4v) is 1.81. The van der Waals surface area contributed by atoms with Crippen molar-refractivity contribution in [3.05, 3.63) is 64.2 Å². The van der Waals surface area contributed by atoms with Crippen molar-refractivity contribution in [2.24, 2.45) is 0 Å². The van der Waals surface area contributed by atoms with Crippen molar-refractivity contribution < 1.29 is 14.5 Å². The van der Waals surface area contributed by atoms with Crippen molar-refractivity contribution in [2.75, 3.05) is 7.11 Å². The summed E-state index contributed by atoms with van der Waals surface area (Å²) in [4.78, 5) is 22.0. The summed E-state index contributed by atoms with van der Waals surface area (Å²) in [6.45, 7) is 0. The van der Waals surface area contributed by atoms with Gasteiger partial charge in [0.25, 0.3) is 5.69 Å². The molecule has 0 atom stereocenters. The summed E-state index contributed by atoms with van der Waals surface area (Å²) in [6, 6.07) is 13.0. The van der Waals surface area contributed by atoms with E-state index in [2.05, 4.69) is 4.74 Å². The van der Waals surface area contributed by atoms with Gasteiger partial charge < -0.3 is 4.74 Å². The predicted octanol–water partition coefficient (Wildman–Crippen LogP) is 3.05. The van der Waals surface area contributed by atoms with E-state index in [1.807, 2.05) is 0 Å². The number of carbonyl (C=O) groups excluding carboxylic acids is 1. The third kappa shape index (κ3) is 2.60. The summed E-state index contributed by atoms with van der Waals surface area (Å²) in [5, 5.41) is 11.0. The van der Waals surface area contributed by atoms with E-state index in [1.54, 1.807) is 42.5 Å². The number of ether oxygens (including phenoxy) is 1. The third-order valence-corrected chi connectivity index (χ3v) is 2.70. The molecule has 0 aliphatic heterocycles. The largest absolute Gasteiger partial charge is 0.465 e. The predicted molar refractivity (Wildman–Crippen MR) is 69.9 cm³/mol. The maximum absolute atomic E-state index is 11.5. The van der Waals surface area contributed by atoms with Crippen LogP contribution in [0.15, 0.2) is 48.5 Å². The molecule has 2 aromatic rings. The average Bonchev–Trinajstić information content (AvgIpc) is 2.46. The molecule has 96 valence electrons. The number of benzene rings is 2. The van der Waals surface area contributed by atoms with Crippen LogP contribution in [0.5, 0.6) is 0 Å². The molecule has 0 aliphatic carbocycles. The smallest absolute Gasteiger partial charge is 0.337 e. The Morgan fingerprint density at radius 3 is 2.58 bits per heavy atom. The molecule has 0 spiro atoms. The summed E-state index contributed by atoms with van der Waals surface area (Å²) in [7, 11) is 1.29. The minimum atomic E-state index is -0.472. The minimum absolute atomic E-state index is 0.00418. The van der Waals surface area contributed by atoms with Gasteiger partial charge in [-0.15, -0.1) is 0 Å². The Bertz CT molecular complexity index is 637. The number of carbonyl (C=O) groups is 1. The molecule has 0 aliphatic rings. The van der Waals surface area contributed by atoms with Gasteiger partial charge in [-0.1, -0.05) is 24.3 Å². The number of esters is 1. The molecule has 5 nitrogen and oxygen atoms in total. The van der Waals surface area contributed by atoms with Gasteiger partial charge in [0, 0.05) is 6.07 Å². The first kappa shape index (κ1) is 12.8. The molecule has 0 fully saturated rings. The van der Waals surface area contributed by atoms with Crippen LogP contribution < -0.4 is 0 Å². The van der Waals surface area contributed by atoms with Crippen LogP contribution in [-0.2, 0) is 4.74 Å². The highest BCUT2D eigenvalue weighted by molar-refractivity contribution is 5.91. The molecule has 0 amide bonds. The zero-order valence-electron chi connectivity index (χ0n) is 10.2. The van der Waals surface area contributed by atoms with E-state index >= 15 is 0 Å². The summed E-state index contributed by atoms with van der Waals surface area (Å²) < 4.78 is 4.63. The lowest BCUT2D eigenvalue weighted by Crippen LogP contribution is -2.01. The third-order valence-electron chi connectivity index (χ3n) is 2.70. The van der Waals surface area contributed by atoms with Gasteiger partial charge in [-0.05, 0) is 23.8 Å². The normalized spacial score (nSPS) is 9.95. The number of nitro benzene ring substituents is 1. The minimum Gasteiger partial charge on any atom is -0.465 e. The molecule has 2 aromatic carbocycles. The summed E-state index contributed by atoms with van der Waals surface area (Å²) in [5.74, 6) is -0.472. The molecule has 0 N–H and O–H groups in total. The zero-order chi connectivity index (χ0) is 13.8. The van der Waals surface area contributed by atoms with Crippen LogP contribution in [0.4, 0.5) is 5.69 Å². The van der Waals surface area contributed by atoms with Crippen LogP contribution in [0.3, 0.4) is 0 Å². The van der Waals surface area contributed by atoms with E-state index in [0.29, 0.717) is 16.7 Å². The maximum Gasteiger partial charge on any atom is 0.337 e. The Morgan fingerprint density at radius 1 is 1.16 bits per heavy atom. The van der Waals surface area contributed by atoms with E-state index in [1.165, 1.54) is 13.2 Å². The number of para-hydroxylation sites is 1. The lowest BCUT2D eigenvalue weighted by molar-refractivity contribution is -0.384. The van der Waals surface area contributed by atoms with E-state index in [-0.39, 0.29) is 5.69 Å². The van der Waals surface area contributed by atoms with Crippen LogP contribution in [0.25, 0.3) is 11.1 Å². The number of hydrogen-bond acceptors (Lipinski definition) is 4. The summed E-state index contributed by atoms with van der Waals surface area (Å²) >= 11 is 0. The molecular formula is C14H11NO4. The lowest BCUT2D eigenvalue weighted by atomic mass is 10.0. The topological polar surface area (TPSA) is 69.4 Å². The van der Waals surface area contributed by atoms with Crippen molar-refractivity contribution in [2.45, 2.75) is 0 Å². The molecule has 0 unspecified atom stereocenters. The lowest BCUT2D eigenvalue weighted by Gasteiger charge is -2.05. The van der Waals surface area contributed by atoms with E-state index in [0.717, 1.165) is 0 Å². The van der Waals surface area contributed by atoms with Crippen molar-refractivity contribution in [1.82, 2.24) is 0 Å². The van der Waals surface area contributed by atoms with Crippen LogP contribution in [0.2, 0.25) is 0 Å². The molecule has 0 bridgehead atoms. The van der Waals surface area contributed by atoms with Crippen molar-refractivity contribution in [3.63, 3.8) is 0 Å². The Balaban J connectivity index is 2.54. The quantitative estimate of drug-likeness (QED) is 0.481. The van der Waals surface area contributed by atoms with Crippen LogP contribution in [-0.4, -0.2) is 18.0 Å². The van der Waals surface area contributed by atoms with E-state index < -0.39 is 10.9 Å². The summed E-state index contributed by atoms with van der Waals surface area (Å²) in [6.07, 6.45) is 0. The number of nitrogens with zero attached hydrogens (tertiary/aromatic N) is 1. The zero-order valence-corrected chi connectivity index (χ0v) is 10.2. The molecular weight excluding hydrogens is 246 g/mol. The molecule has 5 heteroatoms. The van der Waals surface area contributed by atoms with Gasteiger partial charge in [0.15, 0.2) is 0 Å². The first-order chi connectivity index (χ1) is 9.13. The van der Waals surface area contributed by atoms with Gasteiger partial charge in [-0.25, -0.2) is 4.79 Å². The second kappa shape index (κ2) is 5.30. The Hall–Kier alpha value is -2.69. The monoisotopic (exact) mass is 257 g/mol. The van der Waals surface area contributed by atoms with Gasteiger partial charge in [0.2, 0.25) is 0 Å². The van der Waals surface area contributed by atoms with Gasteiger partial charge >= 0.3 is 5.97 Å². The molecule has 0 heterocycles. The fourth-order valence-electron chi connectivity index (χ4n) is 1.81. The second-order valence-electron chi connectivity index (χ2n) is 3.85. The van der Waals surface area contributed by atoms with Crippen LogP contribution in [0, 0.1) is 10.1 Å². The number of methoxy groups -OCH3 is 1. The van der Waals surface area contributed by atoms with Gasteiger partial charge in [-0.2, -0.15) is 0 Å².